The van der Waals surface area contributed by atoms with Crippen molar-refractivity contribution < 1.29 is 13.2 Å². The number of nitrogens with zero attached hydrogens (tertiary/aromatic N) is 2. The topological polar surface area (TPSA) is 57.7 Å². The van der Waals surface area contributed by atoms with Gasteiger partial charge in [-0.3, -0.25) is 4.79 Å². The van der Waals surface area contributed by atoms with Crippen LogP contribution >= 0.6 is 31.9 Å². The molecule has 0 radical (unpaired) electrons. The van der Waals surface area contributed by atoms with Gasteiger partial charge in [0.2, 0.25) is 15.9 Å². The number of fused-ring (bicyclic) bond motifs is 1. The minimum atomic E-state index is -3.61. The second kappa shape index (κ2) is 8.13. The fraction of sp³-hybridized carbons (Fsp3) is 0.381. The Morgan fingerprint density at radius 2 is 1.76 bits per heavy atom. The summed E-state index contributed by atoms with van der Waals surface area (Å²) in [5, 5.41) is 0. The number of hydrogen-bond acceptors (Lipinski definition) is 3. The molecule has 154 valence electrons. The van der Waals surface area contributed by atoms with Gasteiger partial charge in [-0.15, -0.1) is 0 Å². The third kappa shape index (κ3) is 4.04. The second-order valence-electron chi connectivity index (χ2n) is 7.69. The van der Waals surface area contributed by atoms with Gasteiger partial charge < -0.3 is 4.90 Å². The van der Waals surface area contributed by atoms with Crippen LogP contribution < -0.4 is 4.90 Å². The summed E-state index contributed by atoms with van der Waals surface area (Å²) in [6.45, 7) is 2.72. The first-order chi connectivity index (χ1) is 13.8. The molecule has 8 heteroatoms. The van der Waals surface area contributed by atoms with E-state index in [2.05, 4.69) is 37.9 Å². The lowest BCUT2D eigenvalue weighted by atomic mass is 9.97. The van der Waals surface area contributed by atoms with Gasteiger partial charge in [0.15, 0.2) is 0 Å². The van der Waals surface area contributed by atoms with Crippen LogP contribution in [0.3, 0.4) is 0 Å². The molecule has 0 aliphatic carbocycles. The van der Waals surface area contributed by atoms with Gasteiger partial charge in [0, 0.05) is 33.8 Å². The van der Waals surface area contributed by atoms with Gasteiger partial charge in [-0.25, -0.2) is 8.42 Å². The maximum Gasteiger partial charge on any atom is 0.243 e. The third-order valence-corrected chi connectivity index (χ3v) is 8.58. The van der Waals surface area contributed by atoms with Crippen LogP contribution in [0.5, 0.6) is 0 Å². The number of piperidine rings is 1. The molecule has 0 saturated carbocycles. The number of rotatable bonds is 3. The molecule has 29 heavy (non-hydrogen) atoms. The molecule has 4 rings (SSSR count). The average Bonchev–Trinajstić information content (AvgIpc) is 3.02. The summed E-state index contributed by atoms with van der Waals surface area (Å²) >= 11 is 6.83. The normalized spacial score (nSPS) is 22.5. The summed E-state index contributed by atoms with van der Waals surface area (Å²) in [4.78, 5) is 15.5. The predicted molar refractivity (Wildman–Crippen MR) is 120 cm³/mol. The number of hydrogen-bond donors (Lipinski definition) is 0. The number of carbonyl (C=O) groups is 1. The Bertz CT molecular complexity index is 1040. The monoisotopic (exact) mass is 540 g/mol. The third-order valence-electron chi connectivity index (χ3n) is 5.68. The minimum Gasteiger partial charge on any atom is -0.309 e. The molecule has 5 nitrogen and oxygen atoms in total. The molecular weight excluding hydrogens is 520 g/mol. The van der Waals surface area contributed by atoms with Crippen LogP contribution in [0.15, 0.2) is 56.3 Å². The molecule has 0 aromatic heterocycles. The molecule has 0 bridgehead atoms. The summed E-state index contributed by atoms with van der Waals surface area (Å²) in [6, 6.07) is 12.7. The van der Waals surface area contributed by atoms with Crippen LogP contribution in [0.2, 0.25) is 0 Å². The van der Waals surface area contributed by atoms with Crippen molar-refractivity contribution in [2.75, 3.05) is 18.0 Å². The first-order valence-corrected chi connectivity index (χ1v) is 12.7. The molecular formula is C21H22Br2N2O3S. The standard InChI is InChI=1S/C21H22Br2N2O3S/c1-14-11-16-12-18(23)6-9-20(16)25(14)21(26)15-3-2-10-24(13-15)29(27,28)19-7-4-17(22)5-8-19/h4-9,12,14-15H,2-3,10-11,13H2,1H3/t14-,15-/m0/s1. The molecule has 2 aliphatic heterocycles. The Morgan fingerprint density at radius 3 is 2.48 bits per heavy atom. The molecule has 0 spiro atoms. The van der Waals surface area contributed by atoms with Gasteiger partial charge in [0.25, 0.3) is 0 Å². The smallest absolute Gasteiger partial charge is 0.243 e. The van der Waals surface area contributed by atoms with Crippen LogP contribution in [0.25, 0.3) is 0 Å². The van der Waals surface area contributed by atoms with Crippen LogP contribution in [0, 0.1) is 5.92 Å². The molecule has 1 fully saturated rings. The number of anilines is 1. The highest BCUT2D eigenvalue weighted by Gasteiger charge is 2.39. The predicted octanol–water partition coefficient (Wildman–Crippen LogP) is 4.59. The van der Waals surface area contributed by atoms with Gasteiger partial charge in [0.1, 0.15) is 0 Å². The first kappa shape index (κ1) is 21.0. The van der Waals surface area contributed by atoms with Crippen LogP contribution in [-0.4, -0.2) is 37.8 Å². The van der Waals surface area contributed by atoms with E-state index in [4.69, 9.17) is 0 Å². The van der Waals surface area contributed by atoms with Gasteiger partial charge in [-0.2, -0.15) is 4.31 Å². The van der Waals surface area contributed by atoms with Crippen LogP contribution in [0.1, 0.15) is 25.3 Å². The van der Waals surface area contributed by atoms with E-state index in [1.54, 1.807) is 24.3 Å². The number of halogens is 2. The number of carbonyl (C=O) groups excluding carboxylic acids is 1. The maximum absolute atomic E-state index is 13.4. The molecule has 2 aromatic rings. The van der Waals surface area contributed by atoms with Gasteiger partial charge in [0.05, 0.1) is 10.8 Å². The Balaban J connectivity index is 1.56. The highest BCUT2D eigenvalue weighted by Crippen LogP contribution is 2.36. The molecule has 1 amide bonds. The van der Waals surface area contributed by atoms with Crippen molar-refractivity contribution in [3.05, 3.63) is 57.0 Å². The van der Waals surface area contributed by atoms with E-state index in [0.29, 0.717) is 19.4 Å². The molecule has 2 heterocycles. The summed E-state index contributed by atoms with van der Waals surface area (Å²) in [5.41, 5.74) is 2.09. The quantitative estimate of drug-likeness (QED) is 0.571. The highest BCUT2D eigenvalue weighted by molar-refractivity contribution is 9.10. The summed E-state index contributed by atoms with van der Waals surface area (Å²) in [5.74, 6) is -0.305. The first-order valence-electron chi connectivity index (χ1n) is 9.64. The Hall–Kier alpha value is -1.22. The summed E-state index contributed by atoms with van der Waals surface area (Å²) in [6.07, 6.45) is 2.20. The van der Waals surface area contributed by atoms with Crippen LogP contribution in [-0.2, 0) is 21.2 Å². The van der Waals surface area contributed by atoms with E-state index >= 15 is 0 Å². The second-order valence-corrected chi connectivity index (χ2v) is 11.5. The zero-order valence-corrected chi connectivity index (χ0v) is 20.0. The largest absolute Gasteiger partial charge is 0.309 e. The molecule has 2 aliphatic rings. The molecule has 0 N–H and O–H groups in total. The SMILES string of the molecule is C[C@H]1Cc2cc(Br)ccc2N1C(=O)[C@H]1CCCN(S(=O)(=O)c2ccc(Br)cc2)C1. The summed E-state index contributed by atoms with van der Waals surface area (Å²) in [7, 11) is -3.61. The molecule has 1 saturated heterocycles. The Kier molecular flexibility index (Phi) is 5.90. The van der Waals surface area contributed by atoms with E-state index < -0.39 is 10.0 Å². The van der Waals surface area contributed by atoms with E-state index in [1.165, 1.54) is 4.31 Å². The minimum absolute atomic E-state index is 0.0225. The number of amides is 1. The van der Waals surface area contributed by atoms with Crippen molar-refractivity contribution in [1.29, 1.82) is 0 Å². The fourth-order valence-electron chi connectivity index (χ4n) is 4.25. The van der Waals surface area contributed by atoms with E-state index in [1.807, 2.05) is 24.0 Å². The van der Waals surface area contributed by atoms with Crippen molar-refractivity contribution >= 4 is 53.5 Å². The van der Waals surface area contributed by atoms with Gasteiger partial charge in [-0.1, -0.05) is 31.9 Å². The lowest BCUT2D eigenvalue weighted by Gasteiger charge is -2.34. The summed E-state index contributed by atoms with van der Waals surface area (Å²) < 4.78 is 29.4. The van der Waals surface area contributed by atoms with Crippen molar-refractivity contribution in [2.45, 2.75) is 37.1 Å². The van der Waals surface area contributed by atoms with Crippen molar-refractivity contribution in [1.82, 2.24) is 4.31 Å². The molecule has 2 aromatic carbocycles. The van der Waals surface area contributed by atoms with E-state index in [-0.39, 0.29) is 29.3 Å². The Labute approximate surface area is 188 Å². The maximum atomic E-state index is 13.4. The van der Waals surface area contributed by atoms with Gasteiger partial charge >= 0.3 is 0 Å². The van der Waals surface area contributed by atoms with Crippen LogP contribution in [0.4, 0.5) is 5.69 Å². The molecule has 0 unspecified atom stereocenters. The van der Waals surface area contributed by atoms with E-state index in [9.17, 15) is 13.2 Å². The van der Waals surface area contributed by atoms with Gasteiger partial charge in [-0.05, 0) is 74.2 Å². The fourth-order valence-corrected chi connectivity index (χ4v) is 6.45. The highest BCUT2D eigenvalue weighted by atomic mass is 79.9. The Morgan fingerprint density at radius 1 is 1.07 bits per heavy atom. The molecule has 2 atom stereocenters. The lowest BCUT2D eigenvalue weighted by Crippen LogP contribution is -2.48. The van der Waals surface area contributed by atoms with E-state index in [0.717, 1.165) is 26.6 Å². The van der Waals surface area contributed by atoms with Crippen molar-refractivity contribution in [3.8, 4) is 0 Å². The lowest BCUT2D eigenvalue weighted by molar-refractivity contribution is -0.123. The zero-order valence-electron chi connectivity index (χ0n) is 16.0. The zero-order chi connectivity index (χ0) is 20.8. The van der Waals surface area contributed by atoms with Crippen molar-refractivity contribution in [3.63, 3.8) is 0 Å². The number of sulfonamides is 1. The number of benzene rings is 2. The van der Waals surface area contributed by atoms with Crippen molar-refractivity contribution in [2.24, 2.45) is 5.92 Å². The average molecular weight is 542 g/mol.